The van der Waals surface area contributed by atoms with Crippen molar-refractivity contribution >= 4 is 39.8 Å². The molecule has 1 unspecified atom stereocenters. The molecule has 1 heterocycles. The van der Waals surface area contributed by atoms with Gasteiger partial charge in [0.15, 0.2) is 5.96 Å². The van der Waals surface area contributed by atoms with Crippen LogP contribution < -0.4 is 10.6 Å². The number of nitrogens with zero attached hydrogens (tertiary/aromatic N) is 3. The Bertz CT molecular complexity index is 821. The van der Waals surface area contributed by atoms with E-state index in [1.807, 2.05) is 42.2 Å². The number of hydrogen-bond acceptors (Lipinski definition) is 4. The van der Waals surface area contributed by atoms with Gasteiger partial charge in [0.2, 0.25) is 0 Å². The quantitative estimate of drug-likeness (QED) is 0.326. The highest BCUT2D eigenvalue weighted by atomic mass is 127. The number of benzene rings is 1. The molecule has 7 nitrogen and oxygen atoms in total. The second kappa shape index (κ2) is 11.3. The third-order valence-electron chi connectivity index (χ3n) is 3.86. The first-order chi connectivity index (χ1) is 12.4. The lowest BCUT2D eigenvalue weighted by molar-refractivity contribution is 0.581. The minimum absolute atomic E-state index is 0. The summed E-state index contributed by atoms with van der Waals surface area (Å²) < 4.78 is 24.4. The van der Waals surface area contributed by atoms with Crippen molar-refractivity contribution in [1.29, 1.82) is 0 Å². The SMILES string of the molecule is CN=C(NCc1cnn(Cc2ccccc2)c1)NC(C)CCS(C)(=O)=O.I. The molecule has 0 aliphatic rings. The molecule has 1 atom stereocenters. The van der Waals surface area contributed by atoms with Gasteiger partial charge in [0.1, 0.15) is 9.84 Å². The molecule has 2 N–H and O–H groups in total. The van der Waals surface area contributed by atoms with Gasteiger partial charge < -0.3 is 10.6 Å². The normalized spacial score (nSPS) is 12.9. The zero-order chi connectivity index (χ0) is 19.0. The molecule has 9 heteroatoms. The van der Waals surface area contributed by atoms with Crippen LogP contribution in [0.3, 0.4) is 0 Å². The monoisotopic (exact) mass is 505 g/mol. The summed E-state index contributed by atoms with van der Waals surface area (Å²) in [5.74, 6) is 0.798. The summed E-state index contributed by atoms with van der Waals surface area (Å²) in [6.45, 7) is 3.26. The molecule has 0 saturated heterocycles. The number of aromatic nitrogens is 2. The molecule has 2 aromatic rings. The first-order valence-electron chi connectivity index (χ1n) is 8.56. The van der Waals surface area contributed by atoms with Crippen molar-refractivity contribution in [3.8, 4) is 0 Å². The van der Waals surface area contributed by atoms with Gasteiger partial charge in [0.25, 0.3) is 0 Å². The molecule has 0 spiro atoms. The van der Waals surface area contributed by atoms with Crippen LogP contribution in [-0.2, 0) is 22.9 Å². The summed E-state index contributed by atoms with van der Waals surface area (Å²) in [5, 5.41) is 10.8. The number of aliphatic imine (C=N–C) groups is 1. The molecule has 0 fully saturated rings. The Kier molecular flexibility index (Phi) is 9.78. The van der Waals surface area contributed by atoms with Crippen molar-refractivity contribution in [2.45, 2.75) is 32.5 Å². The third-order valence-corrected chi connectivity index (χ3v) is 4.84. The van der Waals surface area contributed by atoms with Crippen molar-refractivity contribution < 1.29 is 8.42 Å². The smallest absolute Gasteiger partial charge is 0.191 e. The number of sulfone groups is 1. The lowest BCUT2D eigenvalue weighted by Gasteiger charge is -2.17. The van der Waals surface area contributed by atoms with Crippen LogP contribution in [0.4, 0.5) is 0 Å². The van der Waals surface area contributed by atoms with Crippen LogP contribution in [0.5, 0.6) is 0 Å². The van der Waals surface area contributed by atoms with E-state index in [0.29, 0.717) is 18.9 Å². The number of guanidine groups is 1. The van der Waals surface area contributed by atoms with Crippen LogP contribution in [0.1, 0.15) is 24.5 Å². The molecule has 2 rings (SSSR count). The van der Waals surface area contributed by atoms with E-state index in [4.69, 9.17) is 0 Å². The predicted molar refractivity (Wildman–Crippen MR) is 120 cm³/mol. The minimum atomic E-state index is -2.95. The van der Waals surface area contributed by atoms with Crippen LogP contribution in [0.2, 0.25) is 0 Å². The molecular formula is C18H28IN5O2S. The van der Waals surface area contributed by atoms with Gasteiger partial charge in [-0.3, -0.25) is 9.67 Å². The second-order valence-electron chi connectivity index (χ2n) is 6.42. The molecule has 27 heavy (non-hydrogen) atoms. The van der Waals surface area contributed by atoms with E-state index in [0.717, 1.165) is 12.1 Å². The number of halogens is 1. The van der Waals surface area contributed by atoms with Gasteiger partial charge >= 0.3 is 0 Å². The summed E-state index contributed by atoms with van der Waals surface area (Å²) in [4.78, 5) is 4.18. The average molecular weight is 505 g/mol. The van der Waals surface area contributed by atoms with Gasteiger partial charge in [-0.15, -0.1) is 24.0 Å². The molecule has 0 bridgehead atoms. The molecule has 1 aromatic carbocycles. The zero-order valence-electron chi connectivity index (χ0n) is 15.9. The molecule has 0 radical (unpaired) electrons. The molecule has 150 valence electrons. The lowest BCUT2D eigenvalue weighted by Crippen LogP contribution is -2.42. The fourth-order valence-corrected chi connectivity index (χ4v) is 3.21. The zero-order valence-corrected chi connectivity index (χ0v) is 19.1. The topological polar surface area (TPSA) is 88.4 Å². The van der Waals surface area contributed by atoms with Gasteiger partial charge in [-0.05, 0) is 18.9 Å². The van der Waals surface area contributed by atoms with Crippen molar-refractivity contribution in [2.24, 2.45) is 4.99 Å². The summed E-state index contributed by atoms with van der Waals surface area (Å²) in [5.41, 5.74) is 2.25. The predicted octanol–water partition coefficient (Wildman–Crippen LogP) is 2.04. The maximum Gasteiger partial charge on any atom is 0.191 e. The van der Waals surface area contributed by atoms with E-state index in [-0.39, 0.29) is 35.8 Å². The van der Waals surface area contributed by atoms with E-state index in [2.05, 4.69) is 32.9 Å². The molecule has 0 aliphatic carbocycles. The van der Waals surface area contributed by atoms with Crippen molar-refractivity contribution in [2.75, 3.05) is 19.1 Å². The van der Waals surface area contributed by atoms with Crippen molar-refractivity contribution in [3.63, 3.8) is 0 Å². The van der Waals surface area contributed by atoms with Gasteiger partial charge in [-0.2, -0.15) is 5.10 Å². The Morgan fingerprint density at radius 1 is 1.26 bits per heavy atom. The highest BCUT2D eigenvalue weighted by Gasteiger charge is 2.09. The Hall–Kier alpha value is -1.62. The Morgan fingerprint density at radius 2 is 1.96 bits per heavy atom. The summed E-state index contributed by atoms with van der Waals surface area (Å²) in [6, 6.07) is 10.2. The molecule has 0 aliphatic heterocycles. The van der Waals surface area contributed by atoms with E-state index in [9.17, 15) is 8.42 Å². The number of nitrogens with one attached hydrogen (secondary N) is 2. The molecule has 0 saturated carbocycles. The Morgan fingerprint density at radius 3 is 2.59 bits per heavy atom. The van der Waals surface area contributed by atoms with Crippen molar-refractivity contribution in [1.82, 2.24) is 20.4 Å². The molecule has 0 amide bonds. The maximum absolute atomic E-state index is 11.3. The summed E-state index contributed by atoms with van der Waals surface area (Å²) in [6.07, 6.45) is 5.62. The van der Waals surface area contributed by atoms with Crippen LogP contribution >= 0.6 is 24.0 Å². The van der Waals surface area contributed by atoms with Gasteiger partial charge in [-0.1, -0.05) is 30.3 Å². The van der Waals surface area contributed by atoms with E-state index in [1.54, 1.807) is 7.05 Å². The first-order valence-corrected chi connectivity index (χ1v) is 10.6. The lowest BCUT2D eigenvalue weighted by atomic mass is 10.2. The van der Waals surface area contributed by atoms with Gasteiger partial charge in [-0.25, -0.2) is 8.42 Å². The summed E-state index contributed by atoms with van der Waals surface area (Å²) in [7, 11) is -1.26. The first kappa shape index (κ1) is 23.4. The van der Waals surface area contributed by atoms with Crippen LogP contribution in [0.25, 0.3) is 0 Å². The Labute approximate surface area is 178 Å². The standard InChI is InChI=1S/C18H27N5O2S.HI/c1-15(9-10-26(3,24)25)22-18(19-2)20-11-17-12-21-23(14-17)13-16-7-5-4-6-8-16;/h4-8,12,14-15H,9-11,13H2,1-3H3,(H2,19,20,22);1H. The van der Waals surface area contributed by atoms with E-state index in [1.165, 1.54) is 11.8 Å². The average Bonchev–Trinajstić information content (AvgIpc) is 3.04. The fraction of sp³-hybridized carbons (Fsp3) is 0.444. The number of hydrogen-bond donors (Lipinski definition) is 2. The Balaban J connectivity index is 0.00000364. The van der Waals surface area contributed by atoms with Crippen molar-refractivity contribution in [3.05, 3.63) is 53.9 Å². The second-order valence-corrected chi connectivity index (χ2v) is 8.68. The largest absolute Gasteiger partial charge is 0.354 e. The minimum Gasteiger partial charge on any atom is -0.354 e. The van der Waals surface area contributed by atoms with E-state index < -0.39 is 9.84 Å². The van der Waals surface area contributed by atoms with Crippen LogP contribution in [-0.4, -0.2) is 49.3 Å². The fourth-order valence-electron chi connectivity index (χ4n) is 2.43. The maximum atomic E-state index is 11.3. The third kappa shape index (κ3) is 9.23. The molecular weight excluding hydrogens is 477 g/mol. The van der Waals surface area contributed by atoms with Crippen LogP contribution in [0.15, 0.2) is 47.7 Å². The van der Waals surface area contributed by atoms with Gasteiger partial charge in [0.05, 0.1) is 18.5 Å². The number of rotatable bonds is 8. The molecule has 1 aromatic heterocycles. The summed E-state index contributed by atoms with van der Waals surface area (Å²) >= 11 is 0. The van der Waals surface area contributed by atoms with Gasteiger partial charge in [0, 0.05) is 37.7 Å². The highest BCUT2D eigenvalue weighted by molar-refractivity contribution is 14.0. The highest BCUT2D eigenvalue weighted by Crippen LogP contribution is 2.04. The van der Waals surface area contributed by atoms with E-state index >= 15 is 0 Å². The van der Waals surface area contributed by atoms with Crippen LogP contribution in [0, 0.1) is 0 Å².